The van der Waals surface area contributed by atoms with Gasteiger partial charge in [0.25, 0.3) is 11.8 Å². The monoisotopic (exact) mass is 350 g/mol. The predicted molar refractivity (Wildman–Crippen MR) is 92.2 cm³/mol. The lowest BCUT2D eigenvalue weighted by Crippen LogP contribution is -2.41. The van der Waals surface area contributed by atoms with Crippen LogP contribution in [0.2, 0.25) is 5.02 Å². The molecule has 0 aromatic heterocycles. The zero-order valence-corrected chi connectivity index (χ0v) is 13.8. The molecule has 2 aromatic rings. The van der Waals surface area contributed by atoms with Crippen LogP contribution in [-0.4, -0.2) is 29.3 Å². The largest absolute Gasteiger partial charge is 0.326 e. The van der Waals surface area contributed by atoms with E-state index in [0.717, 1.165) is 5.56 Å². The molecule has 0 radical (unpaired) electrons. The van der Waals surface area contributed by atoms with Gasteiger partial charge in [0.05, 0.1) is 11.1 Å². The molecule has 0 spiro atoms. The van der Waals surface area contributed by atoms with Crippen molar-refractivity contribution in [2.75, 3.05) is 6.54 Å². The van der Waals surface area contributed by atoms with E-state index < -0.39 is 0 Å². The summed E-state index contributed by atoms with van der Waals surface area (Å²) in [5.41, 5.74) is 7.98. The van der Waals surface area contributed by atoms with Gasteiger partial charge in [-0.2, -0.15) is 0 Å². The maximum atomic E-state index is 12.3. The minimum Gasteiger partial charge on any atom is -0.326 e. The first-order valence-corrected chi connectivity index (χ1v) is 7.39. The van der Waals surface area contributed by atoms with Crippen LogP contribution in [0.25, 0.3) is 0 Å². The minimum absolute atomic E-state index is 0. The highest BCUT2D eigenvalue weighted by Gasteiger charge is 2.35. The van der Waals surface area contributed by atoms with Crippen LogP contribution in [-0.2, 0) is 6.42 Å². The fourth-order valence-corrected chi connectivity index (χ4v) is 2.88. The highest BCUT2D eigenvalue weighted by molar-refractivity contribution is 6.30. The number of benzene rings is 2. The molecule has 0 saturated carbocycles. The molecular formula is C17H16Cl2N2O2. The van der Waals surface area contributed by atoms with Crippen LogP contribution >= 0.6 is 24.0 Å². The number of carbonyl (C=O) groups is 2. The Hall–Kier alpha value is -1.88. The van der Waals surface area contributed by atoms with Crippen LogP contribution in [0.4, 0.5) is 0 Å². The van der Waals surface area contributed by atoms with E-state index in [1.807, 2.05) is 18.2 Å². The summed E-state index contributed by atoms with van der Waals surface area (Å²) in [6.07, 6.45) is 0.550. The van der Waals surface area contributed by atoms with E-state index >= 15 is 0 Å². The standard InChI is InChI=1S/C17H15ClN2O2.ClH/c18-12-5-3-4-11(8-12)9-13(19)10-20-16(21)14-6-1-2-7-15(14)17(20)22;/h1-8,13H,9-10,19H2;1H. The lowest BCUT2D eigenvalue weighted by atomic mass is 10.1. The molecule has 3 rings (SSSR count). The summed E-state index contributed by atoms with van der Waals surface area (Å²) in [5.74, 6) is -0.552. The molecule has 0 bridgehead atoms. The molecule has 2 N–H and O–H groups in total. The smallest absolute Gasteiger partial charge is 0.261 e. The molecule has 1 aliphatic rings. The molecule has 1 aliphatic heterocycles. The summed E-state index contributed by atoms with van der Waals surface area (Å²) in [6.45, 7) is 0.193. The maximum absolute atomic E-state index is 12.3. The molecule has 1 heterocycles. The van der Waals surface area contributed by atoms with Crippen molar-refractivity contribution in [1.82, 2.24) is 4.90 Å². The van der Waals surface area contributed by atoms with Gasteiger partial charge in [0.1, 0.15) is 0 Å². The Balaban J connectivity index is 0.00000192. The lowest BCUT2D eigenvalue weighted by molar-refractivity contribution is 0.0644. The summed E-state index contributed by atoms with van der Waals surface area (Å²) >= 11 is 5.95. The van der Waals surface area contributed by atoms with Gasteiger partial charge in [-0.15, -0.1) is 12.4 Å². The number of hydrogen-bond donors (Lipinski definition) is 1. The van der Waals surface area contributed by atoms with E-state index in [0.29, 0.717) is 22.6 Å². The van der Waals surface area contributed by atoms with E-state index in [1.54, 1.807) is 30.3 Å². The number of nitrogens with zero attached hydrogens (tertiary/aromatic N) is 1. The summed E-state index contributed by atoms with van der Waals surface area (Å²) in [6, 6.07) is 13.9. The van der Waals surface area contributed by atoms with Crippen LogP contribution in [0.15, 0.2) is 48.5 Å². The Labute approximate surface area is 145 Å². The SMILES string of the molecule is Cl.NC(Cc1cccc(Cl)c1)CN1C(=O)c2ccccc2C1=O. The maximum Gasteiger partial charge on any atom is 0.261 e. The van der Waals surface area contributed by atoms with Crippen molar-refractivity contribution < 1.29 is 9.59 Å². The van der Waals surface area contributed by atoms with Crippen molar-refractivity contribution >= 4 is 35.8 Å². The lowest BCUT2D eigenvalue weighted by Gasteiger charge is -2.19. The molecule has 1 unspecified atom stereocenters. The normalized spacial score (nSPS) is 14.4. The molecule has 0 saturated heterocycles. The zero-order chi connectivity index (χ0) is 15.7. The van der Waals surface area contributed by atoms with E-state index in [4.69, 9.17) is 17.3 Å². The number of fused-ring (bicyclic) bond motifs is 1. The van der Waals surface area contributed by atoms with Gasteiger partial charge >= 0.3 is 0 Å². The molecule has 6 heteroatoms. The van der Waals surface area contributed by atoms with Gasteiger partial charge in [-0.3, -0.25) is 14.5 Å². The van der Waals surface area contributed by atoms with Crippen LogP contribution in [0.5, 0.6) is 0 Å². The molecule has 1 atom stereocenters. The second-order valence-corrected chi connectivity index (χ2v) is 5.80. The fraction of sp³-hybridized carbons (Fsp3) is 0.176. The van der Waals surface area contributed by atoms with E-state index in [2.05, 4.69) is 0 Å². The van der Waals surface area contributed by atoms with Crippen molar-refractivity contribution in [3.63, 3.8) is 0 Å². The Morgan fingerprint density at radius 1 is 1.00 bits per heavy atom. The molecule has 4 nitrogen and oxygen atoms in total. The second-order valence-electron chi connectivity index (χ2n) is 5.36. The van der Waals surface area contributed by atoms with Crippen LogP contribution in [0.3, 0.4) is 0 Å². The first-order chi connectivity index (χ1) is 10.6. The minimum atomic E-state index is -0.333. The van der Waals surface area contributed by atoms with E-state index in [-0.39, 0.29) is 36.8 Å². The average Bonchev–Trinajstić information content (AvgIpc) is 2.73. The quantitative estimate of drug-likeness (QED) is 0.862. The van der Waals surface area contributed by atoms with Crippen LogP contribution < -0.4 is 5.73 Å². The van der Waals surface area contributed by atoms with Crippen molar-refractivity contribution in [1.29, 1.82) is 0 Å². The molecule has 2 amide bonds. The van der Waals surface area contributed by atoms with Gasteiger partial charge in [-0.05, 0) is 36.2 Å². The molecule has 0 aliphatic carbocycles. The third-order valence-corrected chi connectivity index (χ3v) is 3.92. The van der Waals surface area contributed by atoms with Crippen LogP contribution in [0, 0.1) is 0 Å². The highest BCUT2D eigenvalue weighted by Crippen LogP contribution is 2.22. The summed E-state index contributed by atoms with van der Waals surface area (Å²) in [4.78, 5) is 25.8. The Morgan fingerprint density at radius 3 is 2.17 bits per heavy atom. The zero-order valence-electron chi connectivity index (χ0n) is 12.2. The molecule has 23 heavy (non-hydrogen) atoms. The van der Waals surface area contributed by atoms with Gasteiger partial charge in [-0.1, -0.05) is 35.9 Å². The molecule has 0 fully saturated rings. The fourth-order valence-electron chi connectivity index (χ4n) is 2.67. The number of carbonyl (C=O) groups excluding carboxylic acids is 2. The second kappa shape index (κ2) is 7.13. The van der Waals surface area contributed by atoms with Crippen molar-refractivity contribution in [3.8, 4) is 0 Å². The number of amides is 2. The number of hydrogen-bond acceptors (Lipinski definition) is 3. The number of halogens is 2. The Kier molecular flexibility index (Phi) is 5.42. The van der Waals surface area contributed by atoms with Crippen molar-refractivity contribution in [3.05, 3.63) is 70.2 Å². The molecule has 120 valence electrons. The first-order valence-electron chi connectivity index (χ1n) is 7.01. The van der Waals surface area contributed by atoms with Crippen LogP contribution in [0.1, 0.15) is 26.3 Å². The molecule has 2 aromatic carbocycles. The topological polar surface area (TPSA) is 63.4 Å². The number of imide groups is 1. The molecular weight excluding hydrogens is 335 g/mol. The summed E-state index contributed by atoms with van der Waals surface area (Å²) < 4.78 is 0. The van der Waals surface area contributed by atoms with E-state index in [9.17, 15) is 9.59 Å². The van der Waals surface area contributed by atoms with Crippen molar-refractivity contribution in [2.24, 2.45) is 5.73 Å². The van der Waals surface area contributed by atoms with Crippen molar-refractivity contribution in [2.45, 2.75) is 12.5 Å². The highest BCUT2D eigenvalue weighted by atomic mass is 35.5. The predicted octanol–water partition coefficient (Wildman–Crippen LogP) is 2.93. The number of nitrogens with two attached hydrogens (primary N) is 1. The third kappa shape index (κ3) is 3.55. The van der Waals surface area contributed by atoms with Gasteiger partial charge in [0.2, 0.25) is 0 Å². The first kappa shape index (κ1) is 17.5. The van der Waals surface area contributed by atoms with Gasteiger partial charge in [-0.25, -0.2) is 0 Å². The van der Waals surface area contributed by atoms with E-state index in [1.165, 1.54) is 4.90 Å². The number of rotatable bonds is 4. The Bertz CT molecular complexity index is 714. The summed E-state index contributed by atoms with van der Waals surface area (Å²) in [5, 5.41) is 0.644. The van der Waals surface area contributed by atoms with Gasteiger partial charge in [0.15, 0.2) is 0 Å². The van der Waals surface area contributed by atoms with Gasteiger partial charge < -0.3 is 5.73 Å². The van der Waals surface area contributed by atoms with Gasteiger partial charge in [0, 0.05) is 17.6 Å². The average molecular weight is 351 g/mol. The Morgan fingerprint density at radius 2 is 1.61 bits per heavy atom. The third-order valence-electron chi connectivity index (χ3n) is 3.68. The summed E-state index contributed by atoms with van der Waals surface area (Å²) in [7, 11) is 0.